The summed E-state index contributed by atoms with van der Waals surface area (Å²) in [4.78, 5) is 14.0. The van der Waals surface area contributed by atoms with Crippen LogP contribution in [0.2, 0.25) is 0 Å². The average Bonchev–Trinajstić information content (AvgIpc) is 3.36. The van der Waals surface area contributed by atoms with E-state index in [1.54, 1.807) is 0 Å². The molecule has 1 amide bonds. The molecule has 0 N–H and O–H groups in total. The van der Waals surface area contributed by atoms with Gasteiger partial charge in [-0.2, -0.15) is 13.2 Å². The van der Waals surface area contributed by atoms with E-state index in [4.69, 9.17) is 0 Å². The molecule has 0 radical (unpaired) electrons. The van der Waals surface area contributed by atoms with E-state index >= 15 is 0 Å². The maximum atomic E-state index is 13.4. The number of nitrogens with zero attached hydrogens (tertiary/aromatic N) is 1. The Bertz CT molecular complexity index is 723. The van der Waals surface area contributed by atoms with Crippen molar-refractivity contribution in [1.29, 1.82) is 0 Å². The largest absolute Gasteiger partial charge is 0.391 e. The van der Waals surface area contributed by atoms with E-state index in [0.717, 1.165) is 69.4 Å². The lowest BCUT2D eigenvalue weighted by atomic mass is 9.44. The smallest absolute Gasteiger partial charge is 0.343 e. The van der Waals surface area contributed by atoms with Gasteiger partial charge in [-0.25, -0.2) is 0 Å². The Morgan fingerprint density at radius 3 is 2.32 bits per heavy atom. The summed E-state index contributed by atoms with van der Waals surface area (Å²) >= 11 is 0. The van der Waals surface area contributed by atoms with E-state index in [2.05, 4.69) is 18.7 Å². The second-order valence-electron chi connectivity index (χ2n) is 12.6. The maximum Gasteiger partial charge on any atom is 0.391 e. The minimum absolute atomic E-state index is 0.125. The van der Waals surface area contributed by atoms with Crippen molar-refractivity contribution in [2.45, 2.75) is 117 Å². The Labute approximate surface area is 205 Å². The van der Waals surface area contributed by atoms with Gasteiger partial charge in [0.1, 0.15) is 0 Å². The molecule has 1 heterocycles. The first kappa shape index (κ1) is 26.3. The standard InChI is InChI=1S/C27H42F3NO.C2H6/c1-25-14-12-23-21(9-7-19-17-20(27(28,29)30)11-13-26(19,23)2)22(25)10-8-18(25)5-3-15-31-16-4-6-24(31)32;1-2/h18-23H,3-17H2,1-2H3;1-2H3. The summed E-state index contributed by atoms with van der Waals surface area (Å²) in [5.74, 6) is 2.42. The monoisotopic (exact) mass is 483 g/mol. The van der Waals surface area contributed by atoms with E-state index < -0.39 is 12.1 Å². The van der Waals surface area contributed by atoms with Crippen LogP contribution in [0.25, 0.3) is 0 Å². The Morgan fingerprint density at radius 1 is 0.941 bits per heavy atom. The van der Waals surface area contributed by atoms with Gasteiger partial charge in [-0.3, -0.25) is 4.79 Å². The third kappa shape index (κ3) is 4.56. The number of hydrogen-bond acceptors (Lipinski definition) is 1. The molecule has 0 aromatic carbocycles. The fourth-order valence-electron chi connectivity index (χ4n) is 9.61. The second kappa shape index (κ2) is 9.96. The molecule has 4 saturated carbocycles. The topological polar surface area (TPSA) is 20.3 Å². The van der Waals surface area contributed by atoms with Gasteiger partial charge in [0.05, 0.1) is 5.92 Å². The van der Waals surface area contributed by atoms with Crippen LogP contribution in [0.4, 0.5) is 13.2 Å². The van der Waals surface area contributed by atoms with Crippen molar-refractivity contribution in [1.82, 2.24) is 4.90 Å². The fraction of sp³-hybridized carbons (Fsp3) is 0.966. The number of amides is 1. The number of rotatable bonds is 4. The van der Waals surface area contributed by atoms with Gasteiger partial charge >= 0.3 is 6.18 Å². The molecule has 0 bridgehead atoms. The molecule has 5 aliphatic rings. The Hall–Kier alpha value is -0.740. The summed E-state index contributed by atoms with van der Waals surface area (Å²) in [6.45, 7) is 10.8. The molecule has 5 rings (SSSR count). The quantitative estimate of drug-likeness (QED) is 0.394. The molecular formula is C29H48F3NO. The van der Waals surface area contributed by atoms with Crippen LogP contribution in [0.15, 0.2) is 0 Å². The molecule has 196 valence electrons. The van der Waals surface area contributed by atoms with Gasteiger partial charge in [0, 0.05) is 19.5 Å². The molecule has 4 aliphatic carbocycles. The zero-order valence-corrected chi connectivity index (χ0v) is 22.1. The molecule has 34 heavy (non-hydrogen) atoms. The number of likely N-dealkylation sites (tertiary alicyclic amines) is 1. The highest BCUT2D eigenvalue weighted by molar-refractivity contribution is 5.77. The van der Waals surface area contributed by atoms with Crippen LogP contribution in [-0.4, -0.2) is 30.1 Å². The van der Waals surface area contributed by atoms with E-state index in [-0.39, 0.29) is 11.3 Å². The van der Waals surface area contributed by atoms with Crippen molar-refractivity contribution in [3.63, 3.8) is 0 Å². The number of halogens is 3. The van der Waals surface area contributed by atoms with Crippen molar-refractivity contribution in [3.05, 3.63) is 0 Å². The summed E-state index contributed by atoms with van der Waals surface area (Å²) in [5.41, 5.74) is 0.531. The van der Waals surface area contributed by atoms with Gasteiger partial charge in [-0.05, 0) is 117 Å². The Balaban J connectivity index is 0.00000133. The number of hydrogen-bond donors (Lipinski definition) is 0. The number of carbonyl (C=O) groups excluding carboxylic acids is 1. The molecule has 8 atom stereocenters. The SMILES string of the molecule is CC.CC12CCC3C(CCC4CC(C(F)(F)F)CCC43C)C1CCC2CCCN1CCCC1=O. The van der Waals surface area contributed by atoms with E-state index in [9.17, 15) is 18.0 Å². The number of alkyl halides is 3. The zero-order chi connectivity index (χ0) is 24.7. The average molecular weight is 484 g/mol. The molecule has 0 aromatic rings. The fourth-order valence-corrected chi connectivity index (χ4v) is 9.61. The van der Waals surface area contributed by atoms with Crippen LogP contribution in [0.1, 0.15) is 111 Å². The summed E-state index contributed by atoms with van der Waals surface area (Å²) in [5, 5.41) is 0. The van der Waals surface area contributed by atoms with Crippen LogP contribution in [0, 0.1) is 46.3 Å². The van der Waals surface area contributed by atoms with Gasteiger partial charge < -0.3 is 4.90 Å². The first-order valence-electron chi connectivity index (χ1n) is 14.5. The van der Waals surface area contributed by atoms with Crippen LogP contribution in [0.5, 0.6) is 0 Å². The first-order chi connectivity index (χ1) is 16.1. The van der Waals surface area contributed by atoms with Gasteiger partial charge in [0.25, 0.3) is 0 Å². The predicted octanol–water partition coefficient (Wildman–Crippen LogP) is 8.25. The summed E-state index contributed by atoms with van der Waals surface area (Å²) in [6, 6.07) is 0. The minimum atomic E-state index is -4.01. The molecule has 0 spiro atoms. The van der Waals surface area contributed by atoms with Gasteiger partial charge in [-0.1, -0.05) is 27.7 Å². The van der Waals surface area contributed by atoms with Crippen LogP contribution in [0.3, 0.4) is 0 Å². The van der Waals surface area contributed by atoms with Gasteiger partial charge in [-0.15, -0.1) is 0 Å². The van der Waals surface area contributed by atoms with Crippen molar-refractivity contribution >= 4 is 5.91 Å². The third-order valence-corrected chi connectivity index (χ3v) is 11.5. The van der Waals surface area contributed by atoms with Crippen molar-refractivity contribution in [3.8, 4) is 0 Å². The number of fused-ring (bicyclic) bond motifs is 5. The van der Waals surface area contributed by atoms with Crippen LogP contribution >= 0.6 is 0 Å². The molecule has 1 saturated heterocycles. The molecule has 5 heteroatoms. The van der Waals surface area contributed by atoms with Crippen molar-refractivity contribution in [2.75, 3.05) is 13.1 Å². The highest BCUT2D eigenvalue weighted by Crippen LogP contribution is 2.68. The van der Waals surface area contributed by atoms with Crippen LogP contribution < -0.4 is 0 Å². The summed E-state index contributed by atoms with van der Waals surface area (Å²) in [6.07, 6.45) is 8.90. The predicted molar refractivity (Wildman–Crippen MR) is 131 cm³/mol. The third-order valence-electron chi connectivity index (χ3n) is 11.5. The van der Waals surface area contributed by atoms with Crippen molar-refractivity contribution in [2.24, 2.45) is 46.3 Å². The first-order valence-corrected chi connectivity index (χ1v) is 14.5. The lowest BCUT2D eigenvalue weighted by Gasteiger charge is -2.61. The van der Waals surface area contributed by atoms with Crippen molar-refractivity contribution < 1.29 is 18.0 Å². The highest BCUT2D eigenvalue weighted by Gasteiger charge is 2.61. The molecule has 0 aromatic heterocycles. The molecular weight excluding hydrogens is 435 g/mol. The number of carbonyl (C=O) groups is 1. The molecule has 5 fully saturated rings. The van der Waals surface area contributed by atoms with E-state index in [1.807, 2.05) is 13.8 Å². The second-order valence-corrected chi connectivity index (χ2v) is 12.6. The molecule has 1 aliphatic heterocycles. The highest BCUT2D eigenvalue weighted by atomic mass is 19.4. The van der Waals surface area contributed by atoms with E-state index in [0.29, 0.717) is 30.1 Å². The summed E-state index contributed by atoms with van der Waals surface area (Å²) < 4.78 is 40.3. The van der Waals surface area contributed by atoms with E-state index in [1.165, 1.54) is 32.1 Å². The maximum absolute atomic E-state index is 13.4. The lowest BCUT2D eigenvalue weighted by molar-refractivity contribution is -0.208. The van der Waals surface area contributed by atoms with Crippen LogP contribution in [-0.2, 0) is 4.79 Å². The zero-order valence-electron chi connectivity index (χ0n) is 22.1. The summed E-state index contributed by atoms with van der Waals surface area (Å²) in [7, 11) is 0. The molecule has 2 nitrogen and oxygen atoms in total. The lowest BCUT2D eigenvalue weighted by Crippen LogP contribution is -2.54. The normalized spacial score (nSPS) is 44.1. The minimum Gasteiger partial charge on any atom is -0.343 e. The Morgan fingerprint density at radius 2 is 1.65 bits per heavy atom. The van der Waals surface area contributed by atoms with Gasteiger partial charge in [0.2, 0.25) is 5.91 Å². The Kier molecular flexibility index (Phi) is 7.71. The van der Waals surface area contributed by atoms with Gasteiger partial charge in [0.15, 0.2) is 0 Å². The molecule has 8 unspecified atom stereocenters.